The van der Waals surface area contributed by atoms with Gasteiger partial charge in [-0.05, 0) is 32.0 Å². The Balaban J connectivity index is 1.75. The molecule has 4 nitrogen and oxygen atoms in total. The Bertz CT molecular complexity index is 513. The second kappa shape index (κ2) is 5.06. The third-order valence-corrected chi connectivity index (χ3v) is 3.98. The maximum Gasteiger partial charge on any atom is 0.113 e. The monoisotopic (exact) mass is 244 g/mol. The number of hydrogen-bond acceptors (Lipinski definition) is 3. The number of rotatable bonds is 3. The fraction of sp³-hybridized carbons (Fsp3) is 0.571. The van der Waals surface area contributed by atoms with Crippen LogP contribution in [0, 0.1) is 0 Å². The first-order chi connectivity index (χ1) is 8.84. The lowest BCUT2D eigenvalue weighted by atomic mass is 9.95. The molecule has 1 aliphatic carbocycles. The SMILES string of the molecule is CN(Cn1nnc2ccccc21)C1CCCCC1. The van der Waals surface area contributed by atoms with E-state index in [2.05, 4.69) is 28.3 Å². The molecule has 1 aromatic heterocycles. The van der Waals surface area contributed by atoms with Gasteiger partial charge in [-0.2, -0.15) is 0 Å². The average Bonchev–Trinajstić information content (AvgIpc) is 2.83. The van der Waals surface area contributed by atoms with Crippen molar-refractivity contribution in [3.63, 3.8) is 0 Å². The van der Waals surface area contributed by atoms with Gasteiger partial charge in [0, 0.05) is 6.04 Å². The van der Waals surface area contributed by atoms with Crippen molar-refractivity contribution in [2.45, 2.75) is 44.8 Å². The lowest BCUT2D eigenvalue weighted by molar-refractivity contribution is 0.148. The van der Waals surface area contributed by atoms with E-state index in [9.17, 15) is 0 Å². The van der Waals surface area contributed by atoms with Crippen LogP contribution in [-0.4, -0.2) is 33.0 Å². The van der Waals surface area contributed by atoms with Crippen LogP contribution in [0.5, 0.6) is 0 Å². The van der Waals surface area contributed by atoms with E-state index in [4.69, 9.17) is 0 Å². The minimum absolute atomic E-state index is 0.710. The molecule has 1 aliphatic rings. The summed E-state index contributed by atoms with van der Waals surface area (Å²) in [5, 5.41) is 8.46. The van der Waals surface area contributed by atoms with Gasteiger partial charge in [-0.3, -0.25) is 4.90 Å². The molecule has 0 atom stereocenters. The van der Waals surface area contributed by atoms with E-state index in [-0.39, 0.29) is 0 Å². The van der Waals surface area contributed by atoms with Crippen molar-refractivity contribution in [3.8, 4) is 0 Å². The first kappa shape index (κ1) is 11.7. The summed E-state index contributed by atoms with van der Waals surface area (Å²) in [4.78, 5) is 2.42. The zero-order valence-corrected chi connectivity index (χ0v) is 10.9. The maximum atomic E-state index is 4.26. The van der Waals surface area contributed by atoms with E-state index in [1.165, 1.54) is 32.1 Å². The van der Waals surface area contributed by atoms with Crippen LogP contribution in [0.2, 0.25) is 0 Å². The molecule has 0 spiro atoms. The maximum absolute atomic E-state index is 4.26. The van der Waals surface area contributed by atoms with Gasteiger partial charge in [0.15, 0.2) is 0 Å². The van der Waals surface area contributed by atoms with Crippen LogP contribution in [0.1, 0.15) is 32.1 Å². The predicted molar refractivity (Wildman–Crippen MR) is 72.2 cm³/mol. The first-order valence-corrected chi connectivity index (χ1v) is 6.83. The topological polar surface area (TPSA) is 34.0 Å². The van der Waals surface area contributed by atoms with Crippen molar-refractivity contribution < 1.29 is 0 Å². The van der Waals surface area contributed by atoms with E-state index in [0.29, 0.717) is 6.04 Å². The van der Waals surface area contributed by atoms with E-state index >= 15 is 0 Å². The quantitative estimate of drug-likeness (QED) is 0.832. The highest BCUT2D eigenvalue weighted by atomic mass is 15.5. The van der Waals surface area contributed by atoms with Crippen molar-refractivity contribution in [3.05, 3.63) is 24.3 Å². The lowest BCUT2D eigenvalue weighted by Crippen LogP contribution is -2.35. The Labute approximate surface area is 108 Å². The van der Waals surface area contributed by atoms with Gasteiger partial charge >= 0.3 is 0 Å². The summed E-state index contributed by atoms with van der Waals surface area (Å²) in [7, 11) is 2.20. The third-order valence-electron chi connectivity index (χ3n) is 3.98. The molecule has 0 bridgehead atoms. The van der Waals surface area contributed by atoms with Crippen molar-refractivity contribution in [2.75, 3.05) is 7.05 Å². The Morgan fingerprint density at radius 3 is 2.83 bits per heavy atom. The van der Waals surface area contributed by atoms with Crippen LogP contribution >= 0.6 is 0 Å². The Morgan fingerprint density at radius 1 is 1.22 bits per heavy atom. The minimum Gasteiger partial charge on any atom is -0.284 e. The molecule has 2 aromatic rings. The molecule has 1 fully saturated rings. The minimum atomic E-state index is 0.710. The Kier molecular flexibility index (Phi) is 3.28. The predicted octanol–water partition coefficient (Wildman–Crippen LogP) is 2.65. The highest BCUT2D eigenvalue weighted by Crippen LogP contribution is 2.22. The van der Waals surface area contributed by atoms with E-state index in [1.807, 2.05) is 22.9 Å². The van der Waals surface area contributed by atoms with E-state index in [0.717, 1.165) is 17.7 Å². The fourth-order valence-corrected chi connectivity index (χ4v) is 2.87. The summed E-state index contributed by atoms with van der Waals surface area (Å²) in [6.45, 7) is 0.838. The molecule has 3 rings (SSSR count). The molecule has 18 heavy (non-hydrogen) atoms. The van der Waals surface area contributed by atoms with Crippen LogP contribution in [0.15, 0.2) is 24.3 Å². The summed E-state index contributed by atoms with van der Waals surface area (Å²) < 4.78 is 2.00. The normalized spacial score (nSPS) is 17.7. The molecule has 1 saturated carbocycles. The summed E-state index contributed by atoms with van der Waals surface area (Å²) in [5.41, 5.74) is 2.11. The molecule has 0 N–H and O–H groups in total. The van der Waals surface area contributed by atoms with Gasteiger partial charge in [-0.15, -0.1) is 5.10 Å². The standard InChI is InChI=1S/C14H20N4/c1-17(12-7-3-2-4-8-12)11-18-14-10-6-5-9-13(14)15-16-18/h5-6,9-10,12H,2-4,7-8,11H2,1H3. The number of benzene rings is 1. The number of fused-ring (bicyclic) bond motifs is 1. The van der Waals surface area contributed by atoms with Crippen LogP contribution in [0.4, 0.5) is 0 Å². The van der Waals surface area contributed by atoms with Crippen molar-refractivity contribution in [2.24, 2.45) is 0 Å². The highest BCUT2D eigenvalue weighted by molar-refractivity contribution is 5.73. The summed E-state index contributed by atoms with van der Waals surface area (Å²) in [6.07, 6.45) is 6.78. The Hall–Kier alpha value is -1.42. The molecule has 96 valence electrons. The largest absolute Gasteiger partial charge is 0.284 e. The van der Waals surface area contributed by atoms with Crippen molar-refractivity contribution >= 4 is 11.0 Å². The van der Waals surface area contributed by atoms with Crippen LogP contribution in [-0.2, 0) is 6.67 Å². The molecular formula is C14H20N4. The van der Waals surface area contributed by atoms with Crippen LogP contribution in [0.3, 0.4) is 0 Å². The van der Waals surface area contributed by atoms with E-state index < -0.39 is 0 Å². The van der Waals surface area contributed by atoms with E-state index in [1.54, 1.807) is 0 Å². The van der Waals surface area contributed by atoms with Gasteiger partial charge in [0.05, 0.1) is 12.2 Å². The average molecular weight is 244 g/mol. The third kappa shape index (κ3) is 2.25. The summed E-state index contributed by atoms with van der Waals surface area (Å²) in [6, 6.07) is 8.86. The Morgan fingerprint density at radius 2 is 2.00 bits per heavy atom. The zero-order chi connectivity index (χ0) is 12.4. The van der Waals surface area contributed by atoms with Gasteiger partial charge in [-0.1, -0.05) is 36.6 Å². The van der Waals surface area contributed by atoms with Gasteiger partial charge in [-0.25, -0.2) is 4.68 Å². The molecule has 0 saturated heterocycles. The molecule has 0 aliphatic heterocycles. The van der Waals surface area contributed by atoms with Crippen molar-refractivity contribution in [1.29, 1.82) is 0 Å². The molecule has 0 unspecified atom stereocenters. The number of nitrogens with zero attached hydrogens (tertiary/aromatic N) is 4. The molecule has 0 radical (unpaired) electrons. The first-order valence-electron chi connectivity index (χ1n) is 6.83. The summed E-state index contributed by atoms with van der Waals surface area (Å²) in [5.74, 6) is 0. The van der Waals surface area contributed by atoms with Gasteiger partial charge in [0.2, 0.25) is 0 Å². The molecule has 0 amide bonds. The highest BCUT2D eigenvalue weighted by Gasteiger charge is 2.18. The number of hydrogen-bond donors (Lipinski definition) is 0. The second-order valence-electron chi connectivity index (χ2n) is 5.27. The van der Waals surface area contributed by atoms with Crippen molar-refractivity contribution in [1.82, 2.24) is 19.9 Å². The smallest absolute Gasteiger partial charge is 0.113 e. The van der Waals surface area contributed by atoms with Crippen LogP contribution < -0.4 is 0 Å². The van der Waals surface area contributed by atoms with Gasteiger partial charge in [0.25, 0.3) is 0 Å². The molecule has 4 heteroatoms. The summed E-state index contributed by atoms with van der Waals surface area (Å²) >= 11 is 0. The van der Waals surface area contributed by atoms with Gasteiger partial charge in [0.1, 0.15) is 5.52 Å². The number of aromatic nitrogens is 3. The van der Waals surface area contributed by atoms with Gasteiger partial charge < -0.3 is 0 Å². The van der Waals surface area contributed by atoms with Crippen LogP contribution in [0.25, 0.3) is 11.0 Å². The molecular weight excluding hydrogens is 224 g/mol. The molecule has 1 heterocycles. The molecule has 1 aromatic carbocycles. The zero-order valence-electron chi connectivity index (χ0n) is 10.9. The number of para-hydroxylation sites is 1. The second-order valence-corrected chi connectivity index (χ2v) is 5.27. The fourth-order valence-electron chi connectivity index (χ4n) is 2.87. The lowest BCUT2D eigenvalue weighted by Gasteiger charge is -2.30.